The number of amides is 1. The van der Waals surface area contributed by atoms with Crippen molar-refractivity contribution in [1.82, 2.24) is 0 Å². The molecule has 0 aromatic heterocycles. The molecule has 2 aromatic carbocycles. The van der Waals surface area contributed by atoms with Crippen LogP contribution in [0.1, 0.15) is 35.7 Å². The molecular formula is C19H18ClNO3. The van der Waals surface area contributed by atoms with Crippen LogP contribution in [0, 0.1) is 0 Å². The lowest BCUT2D eigenvalue weighted by molar-refractivity contribution is -0.121. The van der Waals surface area contributed by atoms with E-state index in [2.05, 4.69) is 0 Å². The number of hydrogen-bond acceptors (Lipinski definition) is 3. The molecule has 0 radical (unpaired) electrons. The van der Waals surface area contributed by atoms with Crippen molar-refractivity contribution in [1.29, 1.82) is 0 Å². The number of hydrogen-bond donors (Lipinski definition) is 0. The number of ether oxygens (including phenoxy) is 1. The molecule has 0 fully saturated rings. The predicted octanol–water partition coefficient (Wildman–Crippen LogP) is 4.25. The third kappa shape index (κ3) is 3.44. The molecule has 1 aliphatic rings. The molecule has 0 saturated heterocycles. The van der Waals surface area contributed by atoms with Crippen LogP contribution in [0.2, 0.25) is 5.02 Å². The Hall–Kier alpha value is -2.33. The Bertz CT molecular complexity index is 771. The van der Waals surface area contributed by atoms with Gasteiger partial charge < -0.3 is 9.64 Å². The molecular weight excluding hydrogens is 326 g/mol. The fourth-order valence-electron chi connectivity index (χ4n) is 2.69. The van der Waals surface area contributed by atoms with Gasteiger partial charge in [-0.3, -0.25) is 9.59 Å². The summed E-state index contributed by atoms with van der Waals surface area (Å²) < 4.78 is 5.49. The highest BCUT2D eigenvalue weighted by atomic mass is 35.5. The van der Waals surface area contributed by atoms with Gasteiger partial charge in [0.05, 0.1) is 12.2 Å². The van der Waals surface area contributed by atoms with E-state index in [9.17, 15) is 9.59 Å². The summed E-state index contributed by atoms with van der Waals surface area (Å²) in [6.07, 6.45) is 1.28. The summed E-state index contributed by atoms with van der Waals surface area (Å²) in [5.41, 5.74) is 2.21. The number of carbonyl (C=O) groups excluding carboxylic acids is 2. The van der Waals surface area contributed by atoms with E-state index in [0.717, 1.165) is 12.0 Å². The highest BCUT2D eigenvalue weighted by molar-refractivity contribution is 6.30. The van der Waals surface area contributed by atoms with Crippen LogP contribution >= 0.6 is 11.6 Å². The highest BCUT2D eigenvalue weighted by Crippen LogP contribution is 2.34. The van der Waals surface area contributed by atoms with Crippen LogP contribution in [0.25, 0.3) is 0 Å². The highest BCUT2D eigenvalue weighted by Gasteiger charge is 2.26. The van der Waals surface area contributed by atoms with Gasteiger partial charge in [-0.15, -0.1) is 0 Å². The number of rotatable bonds is 5. The van der Waals surface area contributed by atoms with Crippen LogP contribution in [0.4, 0.5) is 5.69 Å². The van der Waals surface area contributed by atoms with Gasteiger partial charge in [0.1, 0.15) is 5.75 Å². The number of fused-ring (bicyclic) bond motifs is 1. The fourth-order valence-corrected chi connectivity index (χ4v) is 2.82. The molecule has 1 aliphatic heterocycles. The number of ketones is 1. The van der Waals surface area contributed by atoms with E-state index in [4.69, 9.17) is 16.3 Å². The second-order valence-corrected chi connectivity index (χ2v) is 6.19. The summed E-state index contributed by atoms with van der Waals surface area (Å²) in [6.45, 7) is 2.39. The van der Waals surface area contributed by atoms with E-state index in [0.29, 0.717) is 35.0 Å². The zero-order valence-corrected chi connectivity index (χ0v) is 14.2. The summed E-state index contributed by atoms with van der Waals surface area (Å²) in [7, 11) is 0. The summed E-state index contributed by atoms with van der Waals surface area (Å²) in [6, 6.07) is 12.6. The maximum absolute atomic E-state index is 12.3. The van der Waals surface area contributed by atoms with Crippen molar-refractivity contribution in [2.24, 2.45) is 0 Å². The number of halogens is 1. The summed E-state index contributed by atoms with van der Waals surface area (Å²) in [5.74, 6) is 0.568. The first-order chi connectivity index (χ1) is 11.6. The van der Waals surface area contributed by atoms with E-state index in [1.54, 1.807) is 35.2 Å². The van der Waals surface area contributed by atoms with Crippen LogP contribution in [0.5, 0.6) is 5.75 Å². The van der Waals surface area contributed by atoms with Gasteiger partial charge in [-0.1, -0.05) is 30.7 Å². The Morgan fingerprint density at radius 3 is 2.67 bits per heavy atom. The standard InChI is InChI=1S/C19H18ClNO3/c1-2-3-17(22)14-6-9-18-16(10-14)21(19(23)12-24-18)11-13-4-7-15(20)8-5-13/h4-10H,2-3,11-12H2,1H3. The quantitative estimate of drug-likeness (QED) is 0.762. The molecule has 0 aliphatic carbocycles. The van der Waals surface area contributed by atoms with Gasteiger partial charge in [-0.2, -0.15) is 0 Å². The van der Waals surface area contributed by atoms with Crippen molar-refractivity contribution in [2.45, 2.75) is 26.3 Å². The monoisotopic (exact) mass is 343 g/mol. The van der Waals surface area contributed by atoms with Crippen molar-refractivity contribution < 1.29 is 14.3 Å². The van der Waals surface area contributed by atoms with Crippen LogP contribution < -0.4 is 9.64 Å². The van der Waals surface area contributed by atoms with Gasteiger partial charge in [-0.05, 0) is 42.3 Å². The molecule has 0 saturated carbocycles. The second kappa shape index (κ2) is 7.05. The molecule has 4 nitrogen and oxygen atoms in total. The third-order valence-corrected chi connectivity index (χ3v) is 4.21. The molecule has 0 unspecified atom stereocenters. The molecule has 24 heavy (non-hydrogen) atoms. The molecule has 0 bridgehead atoms. The van der Waals surface area contributed by atoms with Crippen molar-refractivity contribution >= 4 is 29.0 Å². The number of nitrogens with zero attached hydrogens (tertiary/aromatic N) is 1. The third-order valence-electron chi connectivity index (χ3n) is 3.95. The number of benzene rings is 2. The van der Waals surface area contributed by atoms with Crippen LogP contribution in [-0.2, 0) is 11.3 Å². The minimum absolute atomic E-state index is 0.00282. The van der Waals surface area contributed by atoms with E-state index < -0.39 is 0 Å². The Kier molecular flexibility index (Phi) is 4.86. The predicted molar refractivity (Wildman–Crippen MR) is 93.8 cm³/mol. The topological polar surface area (TPSA) is 46.6 Å². The maximum atomic E-state index is 12.3. The lowest BCUT2D eigenvalue weighted by Crippen LogP contribution is -2.38. The molecule has 0 N–H and O–H groups in total. The normalized spacial score (nSPS) is 13.4. The SMILES string of the molecule is CCCC(=O)c1ccc2c(c1)N(Cc1ccc(Cl)cc1)C(=O)CO2. The van der Waals surface area contributed by atoms with Crippen LogP contribution in [-0.4, -0.2) is 18.3 Å². The first-order valence-corrected chi connectivity index (χ1v) is 8.31. The zero-order chi connectivity index (χ0) is 17.1. The van der Waals surface area contributed by atoms with Crippen LogP contribution in [0.15, 0.2) is 42.5 Å². The van der Waals surface area contributed by atoms with E-state index in [-0.39, 0.29) is 18.3 Å². The Morgan fingerprint density at radius 1 is 1.21 bits per heavy atom. The zero-order valence-electron chi connectivity index (χ0n) is 13.4. The van der Waals surface area contributed by atoms with Gasteiger partial charge >= 0.3 is 0 Å². The van der Waals surface area contributed by atoms with Crippen LogP contribution in [0.3, 0.4) is 0 Å². The van der Waals surface area contributed by atoms with E-state index >= 15 is 0 Å². The summed E-state index contributed by atoms with van der Waals surface area (Å²) in [4.78, 5) is 26.1. The van der Waals surface area contributed by atoms with Gasteiger partial charge in [0, 0.05) is 17.0 Å². The minimum Gasteiger partial charge on any atom is -0.482 e. The molecule has 0 spiro atoms. The molecule has 1 amide bonds. The Morgan fingerprint density at radius 2 is 1.96 bits per heavy atom. The number of carbonyl (C=O) groups is 2. The van der Waals surface area contributed by atoms with Gasteiger partial charge in [0.25, 0.3) is 5.91 Å². The van der Waals surface area contributed by atoms with Gasteiger partial charge in [0.2, 0.25) is 0 Å². The number of Topliss-reactive ketones (excluding diaryl/α,β-unsaturated/α-hetero) is 1. The lowest BCUT2D eigenvalue weighted by Gasteiger charge is -2.30. The van der Waals surface area contributed by atoms with Crippen molar-refractivity contribution in [3.05, 3.63) is 58.6 Å². The molecule has 124 valence electrons. The average molecular weight is 344 g/mol. The summed E-state index contributed by atoms with van der Waals surface area (Å²) in [5, 5.41) is 0.653. The lowest BCUT2D eigenvalue weighted by atomic mass is 10.0. The molecule has 1 heterocycles. The molecule has 5 heteroatoms. The first kappa shape index (κ1) is 16.5. The van der Waals surface area contributed by atoms with Gasteiger partial charge in [0.15, 0.2) is 12.4 Å². The maximum Gasteiger partial charge on any atom is 0.265 e. The van der Waals surface area contributed by atoms with E-state index in [1.165, 1.54) is 0 Å². The Labute approximate surface area is 146 Å². The number of anilines is 1. The second-order valence-electron chi connectivity index (χ2n) is 5.75. The van der Waals surface area contributed by atoms with Crippen molar-refractivity contribution in [2.75, 3.05) is 11.5 Å². The molecule has 2 aromatic rings. The largest absolute Gasteiger partial charge is 0.482 e. The smallest absolute Gasteiger partial charge is 0.265 e. The first-order valence-electron chi connectivity index (χ1n) is 7.93. The fraction of sp³-hybridized carbons (Fsp3) is 0.263. The minimum atomic E-state index is -0.127. The average Bonchev–Trinajstić information content (AvgIpc) is 2.59. The molecule has 3 rings (SSSR count). The molecule has 0 atom stereocenters. The van der Waals surface area contributed by atoms with E-state index in [1.807, 2.05) is 19.1 Å². The van der Waals surface area contributed by atoms with Crippen molar-refractivity contribution in [3.8, 4) is 5.75 Å². The Balaban J connectivity index is 1.93. The summed E-state index contributed by atoms with van der Waals surface area (Å²) >= 11 is 5.91. The van der Waals surface area contributed by atoms with Crippen molar-refractivity contribution in [3.63, 3.8) is 0 Å². The van der Waals surface area contributed by atoms with Gasteiger partial charge in [-0.25, -0.2) is 0 Å².